The van der Waals surface area contributed by atoms with Crippen molar-refractivity contribution >= 4 is 43.1 Å². The Balaban J connectivity index is 0.00000121. The fourth-order valence-corrected chi connectivity index (χ4v) is 7.48. The number of allylic oxidation sites excluding steroid dienone is 3. The van der Waals surface area contributed by atoms with E-state index in [4.69, 9.17) is 9.16 Å². The Labute approximate surface area is 195 Å². The second kappa shape index (κ2) is 8.77. The molecule has 0 fully saturated rings. The fraction of sp³-hybridized carbons (Fsp3) is 0.350. The minimum Gasteiger partial charge on any atom is -1.00 e. The molecule has 7 heteroatoms. The first-order valence-electron chi connectivity index (χ1n) is 8.69. The summed E-state index contributed by atoms with van der Waals surface area (Å²) in [5.41, 5.74) is 2.67. The van der Waals surface area contributed by atoms with Crippen LogP contribution in [0.3, 0.4) is 0 Å². The van der Waals surface area contributed by atoms with Gasteiger partial charge in [0.05, 0.1) is 0 Å². The number of ether oxygens (including phenoxy) is 1. The van der Waals surface area contributed by atoms with Gasteiger partial charge in [-0.05, 0) is 37.7 Å². The zero-order valence-electron chi connectivity index (χ0n) is 16.5. The van der Waals surface area contributed by atoms with Gasteiger partial charge in [-0.1, -0.05) is 30.8 Å². The van der Waals surface area contributed by atoms with Gasteiger partial charge in [-0.3, -0.25) is 0 Å². The van der Waals surface area contributed by atoms with E-state index in [2.05, 4.69) is 69.2 Å². The predicted octanol–water partition coefficient (Wildman–Crippen LogP) is -1.80. The Morgan fingerprint density at radius 3 is 2.52 bits per heavy atom. The average Bonchev–Trinajstić information content (AvgIpc) is 2.92. The summed E-state index contributed by atoms with van der Waals surface area (Å²) >= 11 is 0. The Bertz CT molecular complexity index is 895. The van der Waals surface area contributed by atoms with Crippen LogP contribution in [0, 0.1) is 0 Å². The predicted molar refractivity (Wildman–Crippen MR) is 107 cm³/mol. The number of halogens is 2. The zero-order chi connectivity index (χ0) is 17.1. The van der Waals surface area contributed by atoms with Crippen LogP contribution in [0.5, 0.6) is 0 Å². The Morgan fingerprint density at radius 2 is 1.85 bits per heavy atom. The van der Waals surface area contributed by atoms with E-state index in [1.165, 1.54) is 21.9 Å². The minimum atomic E-state index is -1.55. The summed E-state index contributed by atoms with van der Waals surface area (Å²) in [6.07, 6.45) is 5.25. The number of hydrogen-bond donors (Lipinski definition) is 0. The first-order valence-corrected chi connectivity index (χ1v) is 15.1. The summed E-state index contributed by atoms with van der Waals surface area (Å²) in [4.78, 5) is 0. The van der Waals surface area contributed by atoms with Gasteiger partial charge in [-0.2, -0.15) is 10.4 Å². The van der Waals surface area contributed by atoms with Crippen molar-refractivity contribution in [1.29, 1.82) is 0 Å². The SMILES string of the molecule is C[Si](C)(C)OCOC1=C(c2cccc3[cH-]c4c(c23)[Si]4(C)C)CC=C1.[Cl-].[Cl-].[Zr+3]. The van der Waals surface area contributed by atoms with Crippen molar-refractivity contribution in [1.82, 2.24) is 0 Å². The third-order valence-electron chi connectivity index (χ3n) is 5.07. The van der Waals surface area contributed by atoms with Crippen molar-refractivity contribution in [3.05, 3.63) is 47.7 Å². The normalized spacial score (nSPS) is 16.3. The molecular weight excluding hydrogens is 491 g/mol. The molecule has 0 aromatic heterocycles. The summed E-state index contributed by atoms with van der Waals surface area (Å²) in [5, 5.41) is 6.17. The molecule has 0 saturated heterocycles. The van der Waals surface area contributed by atoms with E-state index >= 15 is 0 Å². The minimum absolute atomic E-state index is 0. The van der Waals surface area contributed by atoms with Crippen LogP contribution in [0.25, 0.3) is 16.3 Å². The second-order valence-corrected chi connectivity index (χ2v) is 17.1. The molecule has 0 atom stereocenters. The first kappa shape index (κ1) is 25.0. The van der Waals surface area contributed by atoms with E-state index in [9.17, 15) is 0 Å². The van der Waals surface area contributed by atoms with E-state index in [1.54, 1.807) is 10.4 Å². The first-order chi connectivity index (χ1) is 11.3. The smallest absolute Gasteiger partial charge is 1.00 e. The quantitative estimate of drug-likeness (QED) is 0.266. The molecule has 2 aliphatic rings. The van der Waals surface area contributed by atoms with E-state index in [0.29, 0.717) is 6.79 Å². The molecule has 2 aromatic rings. The van der Waals surface area contributed by atoms with Crippen LogP contribution in [-0.2, 0) is 35.4 Å². The van der Waals surface area contributed by atoms with Crippen molar-refractivity contribution in [2.24, 2.45) is 0 Å². The number of benzene rings is 1. The van der Waals surface area contributed by atoms with Crippen LogP contribution in [0.15, 0.2) is 42.2 Å². The van der Waals surface area contributed by atoms with Crippen LogP contribution in [0.4, 0.5) is 0 Å². The van der Waals surface area contributed by atoms with Gasteiger partial charge in [-0.15, -0.1) is 29.0 Å². The van der Waals surface area contributed by atoms with Crippen molar-refractivity contribution in [2.45, 2.75) is 39.2 Å². The van der Waals surface area contributed by atoms with Gasteiger partial charge >= 0.3 is 26.2 Å². The average molecular weight is 516 g/mol. The molecular formula is C20H25Cl2O2Si2Zr. The van der Waals surface area contributed by atoms with Gasteiger partial charge in [0.2, 0.25) is 0 Å². The molecule has 0 saturated carbocycles. The summed E-state index contributed by atoms with van der Waals surface area (Å²) in [6, 6.07) is 9.09. The molecule has 2 aromatic carbocycles. The molecule has 2 nitrogen and oxygen atoms in total. The molecule has 1 radical (unpaired) electrons. The van der Waals surface area contributed by atoms with Gasteiger partial charge in [-0.25, -0.2) is 0 Å². The maximum absolute atomic E-state index is 6.00. The summed E-state index contributed by atoms with van der Waals surface area (Å²) < 4.78 is 11.9. The summed E-state index contributed by atoms with van der Waals surface area (Å²) in [7, 11) is -2.79. The largest absolute Gasteiger partial charge is 3.00 e. The van der Waals surface area contributed by atoms with E-state index in [0.717, 1.165) is 12.2 Å². The summed E-state index contributed by atoms with van der Waals surface area (Å²) in [5.74, 6) is 0.982. The van der Waals surface area contributed by atoms with Crippen molar-refractivity contribution in [3.63, 3.8) is 0 Å². The molecule has 0 N–H and O–H groups in total. The molecule has 0 unspecified atom stereocenters. The third kappa shape index (κ3) is 4.60. The molecule has 143 valence electrons. The maximum Gasteiger partial charge on any atom is 3.00 e. The van der Waals surface area contributed by atoms with Gasteiger partial charge < -0.3 is 34.0 Å². The molecule has 27 heavy (non-hydrogen) atoms. The van der Waals surface area contributed by atoms with E-state index in [1.807, 2.05) is 0 Å². The van der Waals surface area contributed by atoms with E-state index < -0.39 is 16.4 Å². The molecule has 0 spiro atoms. The van der Waals surface area contributed by atoms with Crippen LogP contribution in [-0.4, -0.2) is 23.2 Å². The molecule has 0 bridgehead atoms. The van der Waals surface area contributed by atoms with Crippen molar-refractivity contribution < 1.29 is 60.2 Å². The molecule has 4 rings (SSSR count). The monoisotopic (exact) mass is 513 g/mol. The second-order valence-electron chi connectivity index (χ2n) is 8.30. The Hall–Kier alpha value is -0.0331. The number of rotatable bonds is 5. The van der Waals surface area contributed by atoms with Crippen molar-refractivity contribution in [2.75, 3.05) is 6.79 Å². The summed E-state index contributed by atoms with van der Waals surface area (Å²) in [6.45, 7) is 11.8. The van der Waals surface area contributed by atoms with Gasteiger partial charge in [0, 0.05) is 8.07 Å². The zero-order valence-corrected chi connectivity index (χ0v) is 22.4. The Morgan fingerprint density at radius 1 is 1.15 bits per heavy atom. The molecule has 1 heterocycles. The standard InChI is InChI=1S/C20H25O2Si2.2ClH.Zr/c1-23(2,3)22-13-21-17-11-7-9-15(17)16-10-6-8-14-12-18-20(19(14)16)24(18,4)5;;;/h6-8,10-12H,9,13H2,1-5H3;2*1H;/q-1;;;+3/p-2. The van der Waals surface area contributed by atoms with Crippen LogP contribution in [0.2, 0.25) is 32.7 Å². The molecule has 1 aliphatic heterocycles. The van der Waals surface area contributed by atoms with E-state index in [-0.39, 0.29) is 51.0 Å². The van der Waals surface area contributed by atoms with Gasteiger partial charge in [0.15, 0.2) is 15.1 Å². The maximum atomic E-state index is 6.00. The third-order valence-corrected chi connectivity index (χ3v) is 9.32. The number of hydrogen-bond acceptors (Lipinski definition) is 2. The fourth-order valence-electron chi connectivity index (χ4n) is 3.71. The van der Waals surface area contributed by atoms with Crippen LogP contribution in [0.1, 0.15) is 12.0 Å². The van der Waals surface area contributed by atoms with Crippen molar-refractivity contribution in [3.8, 4) is 0 Å². The van der Waals surface area contributed by atoms with Crippen LogP contribution >= 0.6 is 0 Å². The van der Waals surface area contributed by atoms with Gasteiger partial charge in [0.25, 0.3) is 0 Å². The number of fused-ring (bicyclic) bond motifs is 3. The molecule has 0 amide bonds. The Kier molecular flexibility index (Phi) is 8.12. The van der Waals surface area contributed by atoms with Crippen LogP contribution < -0.4 is 35.2 Å². The molecule has 1 aliphatic carbocycles. The topological polar surface area (TPSA) is 18.5 Å². The van der Waals surface area contributed by atoms with Gasteiger partial charge in [0.1, 0.15) is 5.76 Å².